The van der Waals surface area contributed by atoms with Gasteiger partial charge in [0, 0.05) is 25.7 Å². The maximum absolute atomic E-state index is 13.3. The summed E-state index contributed by atoms with van der Waals surface area (Å²) in [5, 5.41) is 16.1. The van der Waals surface area contributed by atoms with Gasteiger partial charge < -0.3 is 25.4 Å². The van der Waals surface area contributed by atoms with Crippen molar-refractivity contribution in [2.45, 2.75) is 38.5 Å². The molecule has 1 saturated carbocycles. The Balaban J connectivity index is 1.35. The number of nitrogens with one attached hydrogen (secondary N) is 2. The number of hydrogen-bond donors (Lipinski definition) is 3. The number of aliphatic hydroxyl groups is 1. The third-order valence-electron chi connectivity index (χ3n) is 5.71. The maximum Gasteiger partial charge on any atom is 0.277 e. The van der Waals surface area contributed by atoms with Gasteiger partial charge in [0.1, 0.15) is 11.4 Å². The Hall–Kier alpha value is -3.08. The van der Waals surface area contributed by atoms with Gasteiger partial charge in [-0.05, 0) is 32.6 Å². The van der Waals surface area contributed by atoms with Gasteiger partial charge >= 0.3 is 0 Å². The standard InChI is InChI=1S/C20H22F3N5O3/c1-9-16-17(28(3)20(2,30)18(29)26-16)27-19(25-9)24-8-10-4-11(5-10)31-12-6-13(21)15(23)14(22)7-12/h6-7,10-11,30H,4-5,8H2,1-3H3,(H,26,29)(H,24,25,27)/t10-,11+,20-/m0/s1. The molecular formula is C20H22F3N5O3. The van der Waals surface area contributed by atoms with Gasteiger partial charge in [-0.15, -0.1) is 0 Å². The first kappa shape index (κ1) is 21.2. The zero-order valence-electron chi connectivity index (χ0n) is 17.2. The van der Waals surface area contributed by atoms with Crippen molar-refractivity contribution in [2.24, 2.45) is 5.92 Å². The van der Waals surface area contributed by atoms with E-state index in [2.05, 4.69) is 20.6 Å². The number of ether oxygens (including phenoxy) is 1. The van der Waals surface area contributed by atoms with Gasteiger partial charge in [-0.3, -0.25) is 4.79 Å². The Morgan fingerprint density at radius 2 is 1.94 bits per heavy atom. The molecule has 31 heavy (non-hydrogen) atoms. The van der Waals surface area contributed by atoms with E-state index >= 15 is 0 Å². The second-order valence-corrected chi connectivity index (χ2v) is 8.02. The van der Waals surface area contributed by atoms with E-state index in [-0.39, 0.29) is 17.8 Å². The summed E-state index contributed by atoms with van der Waals surface area (Å²) in [7, 11) is 1.57. The Morgan fingerprint density at radius 3 is 2.58 bits per heavy atom. The van der Waals surface area contributed by atoms with Gasteiger partial charge in [0.05, 0.1) is 11.8 Å². The number of aryl methyl sites for hydroxylation is 1. The predicted molar refractivity (Wildman–Crippen MR) is 106 cm³/mol. The molecule has 0 saturated heterocycles. The number of anilines is 3. The number of likely N-dealkylation sites (N-methyl/N-ethyl adjacent to an activating group) is 1. The molecule has 1 atom stereocenters. The number of halogens is 3. The highest BCUT2D eigenvalue weighted by molar-refractivity contribution is 6.04. The number of nitrogens with zero attached hydrogens (tertiary/aromatic N) is 3. The van der Waals surface area contributed by atoms with Gasteiger partial charge in [0.15, 0.2) is 23.3 Å². The Bertz CT molecular complexity index is 1020. The first-order valence-corrected chi connectivity index (χ1v) is 9.77. The summed E-state index contributed by atoms with van der Waals surface area (Å²) < 4.78 is 45.1. The van der Waals surface area contributed by atoms with E-state index in [1.54, 1.807) is 14.0 Å². The van der Waals surface area contributed by atoms with E-state index in [0.29, 0.717) is 42.5 Å². The molecule has 1 aliphatic heterocycles. The van der Waals surface area contributed by atoms with Crippen LogP contribution >= 0.6 is 0 Å². The average Bonchev–Trinajstić information content (AvgIpc) is 2.67. The number of amides is 1. The number of fused-ring (bicyclic) bond motifs is 1. The van der Waals surface area contributed by atoms with Crippen molar-refractivity contribution in [2.75, 3.05) is 29.1 Å². The van der Waals surface area contributed by atoms with Crippen LogP contribution in [0.25, 0.3) is 0 Å². The second-order valence-electron chi connectivity index (χ2n) is 8.02. The van der Waals surface area contributed by atoms with E-state index in [9.17, 15) is 23.1 Å². The molecule has 8 nitrogen and oxygen atoms in total. The van der Waals surface area contributed by atoms with Crippen LogP contribution in [0.1, 0.15) is 25.5 Å². The highest BCUT2D eigenvalue weighted by Crippen LogP contribution is 2.36. The molecule has 2 aliphatic rings. The van der Waals surface area contributed by atoms with Crippen LogP contribution in [0.4, 0.5) is 30.6 Å². The van der Waals surface area contributed by atoms with Crippen LogP contribution in [-0.2, 0) is 4.79 Å². The van der Waals surface area contributed by atoms with Gasteiger partial charge in [-0.25, -0.2) is 18.2 Å². The summed E-state index contributed by atoms with van der Waals surface area (Å²) in [6.45, 7) is 3.65. The van der Waals surface area contributed by atoms with Crippen LogP contribution in [0, 0.1) is 30.3 Å². The third-order valence-corrected chi connectivity index (χ3v) is 5.71. The van der Waals surface area contributed by atoms with Gasteiger partial charge in [0.25, 0.3) is 5.91 Å². The number of carbonyl (C=O) groups is 1. The predicted octanol–water partition coefficient (Wildman–Crippen LogP) is 2.57. The smallest absolute Gasteiger partial charge is 0.277 e. The van der Waals surface area contributed by atoms with E-state index in [0.717, 1.165) is 12.1 Å². The SMILES string of the molecule is Cc1nc(NC[C@H]2C[C@@H](Oc3cc(F)c(F)c(F)c3)C2)nc2c1NC(=O)[C@](C)(O)N2C. The molecule has 1 amide bonds. The fraction of sp³-hybridized carbons (Fsp3) is 0.450. The minimum absolute atomic E-state index is 0.0430. The minimum atomic E-state index is -1.73. The fourth-order valence-corrected chi connectivity index (χ4v) is 3.58. The molecule has 4 rings (SSSR count). The molecule has 0 unspecified atom stereocenters. The number of aromatic nitrogens is 2. The summed E-state index contributed by atoms with van der Waals surface area (Å²) in [5.74, 6) is -3.72. The molecule has 1 aromatic heterocycles. The lowest BCUT2D eigenvalue weighted by Gasteiger charge is -2.39. The largest absolute Gasteiger partial charge is 0.490 e. The van der Waals surface area contributed by atoms with Crippen molar-refractivity contribution in [3.8, 4) is 5.75 Å². The molecule has 2 aromatic rings. The van der Waals surface area contributed by atoms with Crippen molar-refractivity contribution >= 4 is 23.4 Å². The molecular weight excluding hydrogens is 415 g/mol. The van der Waals surface area contributed by atoms with Crippen molar-refractivity contribution in [1.82, 2.24) is 9.97 Å². The second kappa shape index (κ2) is 7.56. The number of carbonyl (C=O) groups excluding carboxylic acids is 1. The molecule has 1 fully saturated rings. The summed E-state index contributed by atoms with van der Waals surface area (Å²) in [4.78, 5) is 22.2. The van der Waals surface area contributed by atoms with Crippen molar-refractivity contribution in [3.05, 3.63) is 35.3 Å². The van der Waals surface area contributed by atoms with Crippen molar-refractivity contribution in [1.29, 1.82) is 0 Å². The Kier molecular flexibility index (Phi) is 5.16. The zero-order chi connectivity index (χ0) is 22.5. The third kappa shape index (κ3) is 3.85. The maximum atomic E-state index is 13.3. The first-order valence-electron chi connectivity index (χ1n) is 9.77. The lowest BCUT2D eigenvalue weighted by Crippen LogP contribution is -2.57. The van der Waals surface area contributed by atoms with Crippen LogP contribution in [0.2, 0.25) is 0 Å². The van der Waals surface area contributed by atoms with Crippen LogP contribution in [0.15, 0.2) is 12.1 Å². The molecule has 11 heteroatoms. The monoisotopic (exact) mass is 437 g/mol. The van der Waals surface area contributed by atoms with E-state index < -0.39 is 29.1 Å². The van der Waals surface area contributed by atoms with Crippen LogP contribution < -0.4 is 20.3 Å². The number of rotatable bonds is 5. The minimum Gasteiger partial charge on any atom is -0.490 e. The van der Waals surface area contributed by atoms with Gasteiger partial charge in [-0.2, -0.15) is 4.98 Å². The normalized spacial score (nSPS) is 24.9. The summed E-state index contributed by atoms with van der Waals surface area (Å²) >= 11 is 0. The topological polar surface area (TPSA) is 99.6 Å². The molecule has 2 heterocycles. The highest BCUT2D eigenvalue weighted by atomic mass is 19.2. The van der Waals surface area contributed by atoms with Crippen molar-refractivity contribution in [3.63, 3.8) is 0 Å². The Labute approximate surface area is 176 Å². The lowest BCUT2D eigenvalue weighted by atomic mass is 9.82. The quantitative estimate of drug-likeness (QED) is 0.619. The molecule has 3 N–H and O–H groups in total. The summed E-state index contributed by atoms with van der Waals surface area (Å²) in [5.41, 5.74) is -0.734. The lowest BCUT2D eigenvalue weighted by molar-refractivity contribution is -0.132. The molecule has 0 spiro atoms. The zero-order valence-corrected chi connectivity index (χ0v) is 17.2. The van der Waals surface area contributed by atoms with E-state index in [1.807, 2.05) is 0 Å². The van der Waals surface area contributed by atoms with Crippen LogP contribution in [-0.4, -0.2) is 46.4 Å². The Morgan fingerprint density at radius 1 is 1.29 bits per heavy atom. The van der Waals surface area contributed by atoms with Gasteiger partial charge in [-0.1, -0.05) is 0 Å². The molecule has 166 valence electrons. The number of hydrogen-bond acceptors (Lipinski definition) is 7. The van der Waals surface area contributed by atoms with Crippen molar-refractivity contribution < 1.29 is 27.8 Å². The van der Waals surface area contributed by atoms with Crippen LogP contribution in [0.3, 0.4) is 0 Å². The highest BCUT2D eigenvalue weighted by Gasteiger charge is 2.42. The summed E-state index contributed by atoms with van der Waals surface area (Å²) in [6.07, 6.45) is 1.06. The molecule has 1 aromatic carbocycles. The molecule has 1 aliphatic carbocycles. The molecule has 0 radical (unpaired) electrons. The van der Waals surface area contributed by atoms with E-state index in [4.69, 9.17) is 4.74 Å². The first-order chi connectivity index (χ1) is 14.6. The van der Waals surface area contributed by atoms with Gasteiger partial charge in [0.2, 0.25) is 11.7 Å². The summed E-state index contributed by atoms with van der Waals surface area (Å²) in [6, 6.07) is 1.66. The number of benzene rings is 1. The fourth-order valence-electron chi connectivity index (χ4n) is 3.58. The van der Waals surface area contributed by atoms with Crippen LogP contribution in [0.5, 0.6) is 5.75 Å². The molecule has 0 bridgehead atoms. The van der Waals surface area contributed by atoms with E-state index in [1.165, 1.54) is 11.8 Å². The average molecular weight is 437 g/mol.